The van der Waals surface area contributed by atoms with E-state index in [1.807, 2.05) is 51.1 Å². The van der Waals surface area contributed by atoms with E-state index < -0.39 is 11.6 Å². The highest BCUT2D eigenvalue weighted by molar-refractivity contribution is 7.18. The molecule has 4 nitrogen and oxygen atoms in total. The lowest BCUT2D eigenvalue weighted by atomic mass is 10.1. The van der Waals surface area contributed by atoms with Gasteiger partial charge in [0.2, 0.25) is 0 Å². The van der Waals surface area contributed by atoms with Gasteiger partial charge in [-0.05, 0) is 32.9 Å². The standard InChI is InChI=1S/C20H19FN2O2S/c1-20(2,3)25-18(24)17-16(13-9-5-4-6-10-13)23-19(26-17)22-15-12-8-7-11-14(15)21/h4-12H,1-3H3,(H,22,23). The quantitative estimate of drug-likeness (QED) is 0.603. The number of nitrogens with one attached hydrogen (secondary N) is 1. The van der Waals surface area contributed by atoms with Gasteiger partial charge in [0, 0.05) is 5.56 Å². The molecule has 0 saturated carbocycles. The first-order valence-corrected chi connectivity index (χ1v) is 8.96. The Kier molecular flexibility index (Phi) is 5.04. The van der Waals surface area contributed by atoms with Gasteiger partial charge in [0.25, 0.3) is 0 Å². The molecule has 0 bridgehead atoms. The number of thiazole rings is 1. The first kappa shape index (κ1) is 18.1. The van der Waals surface area contributed by atoms with Crippen LogP contribution in [0.1, 0.15) is 30.4 Å². The molecule has 0 atom stereocenters. The molecule has 0 saturated heterocycles. The SMILES string of the molecule is CC(C)(C)OC(=O)c1sc(Nc2ccccc2F)nc1-c1ccccc1. The fourth-order valence-electron chi connectivity index (χ4n) is 2.31. The average molecular weight is 370 g/mol. The molecule has 6 heteroatoms. The number of aromatic nitrogens is 1. The van der Waals surface area contributed by atoms with E-state index in [9.17, 15) is 9.18 Å². The molecule has 1 aromatic heterocycles. The van der Waals surface area contributed by atoms with Crippen LogP contribution >= 0.6 is 11.3 Å². The highest BCUT2D eigenvalue weighted by atomic mass is 32.1. The minimum atomic E-state index is -0.617. The van der Waals surface area contributed by atoms with Crippen molar-refractivity contribution in [3.8, 4) is 11.3 Å². The van der Waals surface area contributed by atoms with Gasteiger partial charge < -0.3 is 10.1 Å². The van der Waals surface area contributed by atoms with Crippen molar-refractivity contribution >= 4 is 28.1 Å². The van der Waals surface area contributed by atoms with Gasteiger partial charge in [0.15, 0.2) is 5.13 Å². The number of hydrogen-bond donors (Lipinski definition) is 1. The molecule has 0 radical (unpaired) electrons. The van der Waals surface area contributed by atoms with Gasteiger partial charge in [0.05, 0.1) is 11.4 Å². The largest absolute Gasteiger partial charge is 0.456 e. The minimum absolute atomic E-state index is 0.302. The third-order valence-electron chi connectivity index (χ3n) is 3.37. The molecule has 3 rings (SSSR count). The molecular formula is C20H19FN2O2S. The second-order valence-corrected chi connectivity index (χ2v) is 7.67. The Labute approximate surface area is 155 Å². The number of nitrogens with zero attached hydrogens (tertiary/aromatic N) is 1. The van der Waals surface area contributed by atoms with Crippen molar-refractivity contribution in [3.63, 3.8) is 0 Å². The fourth-order valence-corrected chi connectivity index (χ4v) is 3.18. The van der Waals surface area contributed by atoms with Crippen LogP contribution < -0.4 is 5.32 Å². The molecule has 0 fully saturated rings. The van der Waals surface area contributed by atoms with Crippen LogP contribution in [0.5, 0.6) is 0 Å². The molecule has 0 aliphatic heterocycles. The summed E-state index contributed by atoms with van der Waals surface area (Å²) in [5.41, 5.74) is 1.00. The summed E-state index contributed by atoms with van der Waals surface area (Å²) in [6.07, 6.45) is 0. The first-order valence-electron chi connectivity index (χ1n) is 8.14. The Balaban J connectivity index is 2.00. The average Bonchev–Trinajstić information content (AvgIpc) is 3.00. The second-order valence-electron chi connectivity index (χ2n) is 6.67. The fraction of sp³-hybridized carbons (Fsp3) is 0.200. The Morgan fingerprint density at radius 3 is 2.38 bits per heavy atom. The maximum Gasteiger partial charge on any atom is 0.351 e. The van der Waals surface area contributed by atoms with Crippen molar-refractivity contribution in [3.05, 3.63) is 65.3 Å². The first-order chi connectivity index (χ1) is 12.3. The molecule has 3 aromatic rings. The van der Waals surface area contributed by atoms with E-state index in [1.54, 1.807) is 18.2 Å². The van der Waals surface area contributed by atoms with Crippen LogP contribution in [-0.4, -0.2) is 16.6 Å². The number of halogens is 1. The molecule has 0 unspecified atom stereocenters. The lowest BCUT2D eigenvalue weighted by molar-refractivity contribution is 0.00758. The molecule has 0 amide bonds. The molecule has 1 heterocycles. The molecule has 0 spiro atoms. The number of ether oxygens (including phenoxy) is 1. The molecule has 1 N–H and O–H groups in total. The van der Waals surface area contributed by atoms with Crippen molar-refractivity contribution in [2.24, 2.45) is 0 Å². The summed E-state index contributed by atoms with van der Waals surface area (Å²) in [4.78, 5) is 17.5. The number of esters is 1. The van der Waals surface area contributed by atoms with Gasteiger partial charge >= 0.3 is 5.97 Å². The summed E-state index contributed by atoms with van der Waals surface area (Å²) < 4.78 is 19.4. The summed E-state index contributed by atoms with van der Waals surface area (Å²) >= 11 is 1.14. The zero-order valence-corrected chi connectivity index (χ0v) is 15.6. The third-order valence-corrected chi connectivity index (χ3v) is 4.32. The van der Waals surface area contributed by atoms with E-state index in [4.69, 9.17) is 4.74 Å². The molecule has 2 aromatic carbocycles. The number of carbonyl (C=O) groups excluding carboxylic acids is 1. The van der Waals surface area contributed by atoms with E-state index >= 15 is 0 Å². The van der Waals surface area contributed by atoms with Crippen LogP contribution in [0.4, 0.5) is 15.2 Å². The number of carbonyl (C=O) groups is 1. The van der Waals surface area contributed by atoms with Gasteiger partial charge in [-0.2, -0.15) is 0 Å². The number of benzene rings is 2. The van der Waals surface area contributed by atoms with Crippen molar-refractivity contribution in [1.29, 1.82) is 0 Å². The van der Waals surface area contributed by atoms with Crippen molar-refractivity contribution in [2.45, 2.75) is 26.4 Å². The third kappa shape index (κ3) is 4.26. The van der Waals surface area contributed by atoms with Crippen molar-refractivity contribution < 1.29 is 13.9 Å². The predicted molar refractivity (Wildman–Crippen MR) is 102 cm³/mol. The Morgan fingerprint density at radius 1 is 1.08 bits per heavy atom. The second kappa shape index (κ2) is 7.25. The van der Waals surface area contributed by atoms with E-state index in [0.717, 1.165) is 16.9 Å². The lowest BCUT2D eigenvalue weighted by Gasteiger charge is -2.19. The summed E-state index contributed by atoms with van der Waals surface area (Å²) in [5.74, 6) is -0.835. The summed E-state index contributed by atoms with van der Waals surface area (Å²) in [6, 6.07) is 15.7. The number of anilines is 2. The monoisotopic (exact) mass is 370 g/mol. The van der Waals surface area contributed by atoms with Crippen LogP contribution in [0.15, 0.2) is 54.6 Å². The smallest absolute Gasteiger partial charge is 0.351 e. The van der Waals surface area contributed by atoms with Crippen LogP contribution in [0.3, 0.4) is 0 Å². The number of para-hydroxylation sites is 1. The normalized spacial score (nSPS) is 11.2. The molecule has 0 aliphatic carbocycles. The Morgan fingerprint density at radius 2 is 1.73 bits per heavy atom. The summed E-state index contributed by atoms with van der Waals surface area (Å²) in [5, 5.41) is 3.37. The minimum Gasteiger partial charge on any atom is -0.456 e. The number of rotatable bonds is 4. The van der Waals surface area contributed by atoms with E-state index in [0.29, 0.717) is 21.4 Å². The number of hydrogen-bond acceptors (Lipinski definition) is 5. The molecule has 134 valence electrons. The summed E-state index contributed by atoms with van der Waals surface area (Å²) in [6.45, 7) is 5.44. The van der Waals surface area contributed by atoms with Gasteiger partial charge in [-0.15, -0.1) is 0 Å². The van der Waals surface area contributed by atoms with Gasteiger partial charge in [-0.3, -0.25) is 0 Å². The highest BCUT2D eigenvalue weighted by Crippen LogP contribution is 2.34. The maximum absolute atomic E-state index is 13.9. The van der Waals surface area contributed by atoms with Crippen LogP contribution in [-0.2, 0) is 4.74 Å². The lowest BCUT2D eigenvalue weighted by Crippen LogP contribution is -2.23. The topological polar surface area (TPSA) is 51.2 Å². The zero-order valence-electron chi connectivity index (χ0n) is 14.7. The maximum atomic E-state index is 13.9. The van der Waals surface area contributed by atoms with E-state index in [2.05, 4.69) is 10.3 Å². The van der Waals surface area contributed by atoms with Gasteiger partial charge in [-0.25, -0.2) is 14.2 Å². The van der Waals surface area contributed by atoms with Crippen molar-refractivity contribution in [1.82, 2.24) is 4.98 Å². The van der Waals surface area contributed by atoms with E-state index in [1.165, 1.54) is 6.07 Å². The molecule has 0 aliphatic rings. The summed E-state index contributed by atoms with van der Waals surface area (Å²) in [7, 11) is 0. The van der Waals surface area contributed by atoms with Crippen LogP contribution in [0.2, 0.25) is 0 Å². The van der Waals surface area contributed by atoms with Crippen molar-refractivity contribution in [2.75, 3.05) is 5.32 Å². The van der Waals surface area contributed by atoms with Crippen LogP contribution in [0.25, 0.3) is 11.3 Å². The predicted octanol–water partition coefficient (Wildman–Crippen LogP) is 5.65. The van der Waals surface area contributed by atoms with Crippen LogP contribution in [0, 0.1) is 5.82 Å². The highest BCUT2D eigenvalue weighted by Gasteiger charge is 2.25. The molecular weight excluding hydrogens is 351 g/mol. The Bertz CT molecular complexity index is 917. The van der Waals surface area contributed by atoms with Gasteiger partial charge in [0.1, 0.15) is 16.3 Å². The Hall–Kier alpha value is -2.73. The van der Waals surface area contributed by atoms with Gasteiger partial charge in [-0.1, -0.05) is 53.8 Å². The molecule has 26 heavy (non-hydrogen) atoms. The van der Waals surface area contributed by atoms with E-state index in [-0.39, 0.29) is 5.82 Å². The zero-order chi connectivity index (χ0) is 18.7.